The highest BCUT2D eigenvalue weighted by atomic mass is 15.3. The van der Waals surface area contributed by atoms with E-state index >= 15 is 0 Å². The van der Waals surface area contributed by atoms with E-state index in [1.807, 2.05) is 17.9 Å². The molecule has 1 heterocycles. The summed E-state index contributed by atoms with van der Waals surface area (Å²) in [6, 6.07) is 2.07. The lowest BCUT2D eigenvalue weighted by Gasteiger charge is -2.30. The van der Waals surface area contributed by atoms with Gasteiger partial charge >= 0.3 is 0 Å². The van der Waals surface area contributed by atoms with Crippen LogP contribution >= 0.6 is 0 Å². The molecule has 0 aliphatic carbocycles. The summed E-state index contributed by atoms with van der Waals surface area (Å²) < 4.78 is 1.93. The Morgan fingerprint density at radius 1 is 1.25 bits per heavy atom. The molecule has 0 bridgehead atoms. The first-order valence-corrected chi connectivity index (χ1v) is 6.35. The third-order valence-electron chi connectivity index (χ3n) is 3.98. The zero-order valence-corrected chi connectivity index (χ0v) is 11.1. The van der Waals surface area contributed by atoms with Crippen LogP contribution in [-0.4, -0.2) is 16.3 Å². The van der Waals surface area contributed by atoms with Crippen molar-refractivity contribution in [3.63, 3.8) is 0 Å². The largest absolute Gasteiger partial charge is 0.311 e. The maximum absolute atomic E-state index is 4.17. The van der Waals surface area contributed by atoms with Gasteiger partial charge in [0.15, 0.2) is 0 Å². The summed E-state index contributed by atoms with van der Waals surface area (Å²) in [4.78, 5) is 0. The fourth-order valence-corrected chi connectivity index (χ4v) is 2.16. The van der Waals surface area contributed by atoms with Crippen LogP contribution < -0.4 is 5.32 Å². The molecule has 0 spiro atoms. The van der Waals surface area contributed by atoms with Crippen molar-refractivity contribution in [1.29, 1.82) is 0 Å². The fourth-order valence-electron chi connectivity index (χ4n) is 2.16. The molecule has 0 fully saturated rings. The molecule has 1 aromatic rings. The Balaban J connectivity index is 2.42. The van der Waals surface area contributed by atoms with Crippen molar-refractivity contribution in [2.75, 3.05) is 6.54 Å². The van der Waals surface area contributed by atoms with Crippen molar-refractivity contribution >= 4 is 0 Å². The fraction of sp³-hybridized carbons (Fsp3) is 0.769. The molecule has 1 aromatic heterocycles. The first-order valence-electron chi connectivity index (χ1n) is 6.35. The molecule has 92 valence electrons. The van der Waals surface area contributed by atoms with Crippen LogP contribution in [0.3, 0.4) is 0 Å². The zero-order chi connectivity index (χ0) is 12.0. The van der Waals surface area contributed by atoms with E-state index in [0.717, 1.165) is 13.1 Å². The van der Waals surface area contributed by atoms with Crippen LogP contribution in [0.5, 0.6) is 0 Å². The Kier molecular flexibility index (Phi) is 5.00. The van der Waals surface area contributed by atoms with Crippen LogP contribution in [0.25, 0.3) is 0 Å². The summed E-state index contributed by atoms with van der Waals surface area (Å²) in [5, 5.41) is 7.73. The van der Waals surface area contributed by atoms with Crippen molar-refractivity contribution in [2.45, 2.75) is 46.6 Å². The number of nitrogens with zero attached hydrogens (tertiary/aromatic N) is 2. The number of rotatable bonds is 7. The number of aryl methyl sites for hydroxylation is 1. The molecule has 3 nitrogen and oxygen atoms in total. The first kappa shape index (κ1) is 13.2. The van der Waals surface area contributed by atoms with Crippen LogP contribution in [0.2, 0.25) is 0 Å². The van der Waals surface area contributed by atoms with Gasteiger partial charge in [-0.15, -0.1) is 0 Å². The molecule has 0 amide bonds. The number of hydrogen-bond acceptors (Lipinski definition) is 2. The van der Waals surface area contributed by atoms with Crippen molar-refractivity contribution in [2.24, 2.45) is 12.5 Å². The maximum atomic E-state index is 4.17. The molecule has 0 radical (unpaired) electrons. The highest BCUT2D eigenvalue weighted by Crippen LogP contribution is 2.29. The van der Waals surface area contributed by atoms with E-state index in [4.69, 9.17) is 0 Å². The lowest BCUT2D eigenvalue weighted by atomic mass is 9.80. The smallest absolute Gasteiger partial charge is 0.0518 e. The molecule has 0 aliphatic heterocycles. The van der Waals surface area contributed by atoms with Gasteiger partial charge in [-0.2, -0.15) is 5.10 Å². The van der Waals surface area contributed by atoms with Gasteiger partial charge in [-0.1, -0.05) is 20.8 Å². The third-order valence-corrected chi connectivity index (χ3v) is 3.98. The van der Waals surface area contributed by atoms with Gasteiger partial charge < -0.3 is 5.32 Å². The molecule has 0 unspecified atom stereocenters. The van der Waals surface area contributed by atoms with Crippen LogP contribution in [0.15, 0.2) is 12.3 Å². The van der Waals surface area contributed by atoms with Crippen molar-refractivity contribution in [3.05, 3.63) is 18.0 Å². The topological polar surface area (TPSA) is 29.9 Å². The van der Waals surface area contributed by atoms with Crippen LogP contribution in [0.4, 0.5) is 0 Å². The average Bonchev–Trinajstić information content (AvgIpc) is 2.71. The van der Waals surface area contributed by atoms with Crippen molar-refractivity contribution in [1.82, 2.24) is 15.1 Å². The van der Waals surface area contributed by atoms with E-state index < -0.39 is 0 Å². The minimum atomic E-state index is 0.471. The van der Waals surface area contributed by atoms with Gasteiger partial charge in [-0.05, 0) is 30.7 Å². The Labute approximate surface area is 99.2 Å². The zero-order valence-electron chi connectivity index (χ0n) is 11.1. The van der Waals surface area contributed by atoms with Crippen molar-refractivity contribution < 1.29 is 0 Å². The average molecular weight is 223 g/mol. The van der Waals surface area contributed by atoms with E-state index in [1.54, 1.807) is 0 Å². The van der Waals surface area contributed by atoms with E-state index in [-0.39, 0.29) is 0 Å². The monoisotopic (exact) mass is 223 g/mol. The molecule has 16 heavy (non-hydrogen) atoms. The van der Waals surface area contributed by atoms with Gasteiger partial charge in [-0.25, -0.2) is 0 Å². The second-order valence-electron chi connectivity index (χ2n) is 4.61. The van der Waals surface area contributed by atoms with Gasteiger partial charge in [0.05, 0.1) is 5.69 Å². The number of hydrogen-bond donors (Lipinski definition) is 1. The van der Waals surface area contributed by atoms with Crippen LogP contribution in [0.1, 0.15) is 45.7 Å². The molecule has 0 aromatic carbocycles. The molecule has 0 saturated carbocycles. The first-order chi connectivity index (χ1) is 7.67. The molecule has 0 aliphatic rings. The summed E-state index contributed by atoms with van der Waals surface area (Å²) in [6.07, 6.45) is 5.60. The molecular formula is C13H25N3. The highest BCUT2D eigenvalue weighted by molar-refractivity contribution is 4.99. The van der Waals surface area contributed by atoms with Gasteiger partial charge in [0, 0.05) is 26.3 Å². The predicted molar refractivity (Wildman–Crippen MR) is 68.2 cm³/mol. The standard InChI is InChI=1S/C13H25N3/c1-5-13(6-2,7-3)11-14-10-12-8-9-15-16(12)4/h8-9,14H,5-7,10-11H2,1-4H3. The Hall–Kier alpha value is -0.830. The second-order valence-corrected chi connectivity index (χ2v) is 4.61. The number of aromatic nitrogens is 2. The lowest BCUT2D eigenvalue weighted by molar-refractivity contribution is 0.237. The van der Waals surface area contributed by atoms with Crippen LogP contribution in [-0.2, 0) is 13.6 Å². The van der Waals surface area contributed by atoms with Gasteiger partial charge in [0.1, 0.15) is 0 Å². The predicted octanol–water partition coefficient (Wildman–Crippen LogP) is 2.73. The van der Waals surface area contributed by atoms with Crippen LogP contribution in [0, 0.1) is 5.41 Å². The Morgan fingerprint density at radius 2 is 1.88 bits per heavy atom. The van der Waals surface area contributed by atoms with E-state index in [2.05, 4.69) is 37.3 Å². The normalized spacial score (nSPS) is 12.0. The lowest BCUT2D eigenvalue weighted by Crippen LogP contribution is -2.33. The summed E-state index contributed by atoms with van der Waals surface area (Å²) in [7, 11) is 1.99. The number of nitrogens with one attached hydrogen (secondary N) is 1. The molecular weight excluding hydrogens is 198 g/mol. The molecule has 0 atom stereocenters. The molecule has 1 N–H and O–H groups in total. The Bertz CT molecular complexity index is 292. The van der Waals surface area contributed by atoms with E-state index in [0.29, 0.717) is 5.41 Å². The van der Waals surface area contributed by atoms with E-state index in [1.165, 1.54) is 25.0 Å². The Morgan fingerprint density at radius 3 is 2.31 bits per heavy atom. The third kappa shape index (κ3) is 3.08. The summed E-state index contributed by atoms with van der Waals surface area (Å²) in [6.45, 7) is 8.89. The quantitative estimate of drug-likeness (QED) is 0.770. The molecule has 3 heteroatoms. The second kappa shape index (κ2) is 6.04. The summed E-state index contributed by atoms with van der Waals surface area (Å²) in [5.41, 5.74) is 1.72. The molecule has 1 rings (SSSR count). The summed E-state index contributed by atoms with van der Waals surface area (Å²) >= 11 is 0. The SMILES string of the molecule is CCC(CC)(CC)CNCc1ccnn1C. The maximum Gasteiger partial charge on any atom is 0.0518 e. The van der Waals surface area contributed by atoms with Crippen molar-refractivity contribution in [3.8, 4) is 0 Å². The van der Waals surface area contributed by atoms with Gasteiger partial charge in [0.2, 0.25) is 0 Å². The summed E-state index contributed by atoms with van der Waals surface area (Å²) in [5.74, 6) is 0. The molecule has 0 saturated heterocycles. The minimum Gasteiger partial charge on any atom is -0.311 e. The van der Waals surface area contributed by atoms with Gasteiger partial charge in [-0.3, -0.25) is 4.68 Å². The highest BCUT2D eigenvalue weighted by Gasteiger charge is 2.22. The van der Waals surface area contributed by atoms with E-state index in [9.17, 15) is 0 Å². The minimum absolute atomic E-state index is 0.471. The van der Waals surface area contributed by atoms with Gasteiger partial charge in [0.25, 0.3) is 0 Å².